The van der Waals surface area contributed by atoms with E-state index in [0.717, 1.165) is 16.4 Å². The predicted molar refractivity (Wildman–Crippen MR) is 66.2 cm³/mol. The Hall–Kier alpha value is -0.830. The van der Waals surface area contributed by atoms with Crippen LogP contribution in [0.4, 0.5) is 0 Å². The molecule has 0 spiro atoms. The second kappa shape index (κ2) is 5.48. The Balaban J connectivity index is 1.97. The molecule has 1 aromatic carbocycles. The number of hydrogen-bond donors (Lipinski definition) is 0. The minimum absolute atomic E-state index is 0.669. The number of ether oxygens (including phenoxy) is 1. The van der Waals surface area contributed by atoms with Gasteiger partial charge in [0.15, 0.2) is 0 Å². The molecule has 3 heteroatoms. The van der Waals surface area contributed by atoms with Gasteiger partial charge < -0.3 is 4.74 Å². The molecule has 0 radical (unpaired) electrons. The summed E-state index contributed by atoms with van der Waals surface area (Å²) in [4.78, 5) is 0.924. The van der Waals surface area contributed by atoms with Crippen LogP contribution in [0, 0.1) is 5.92 Å². The van der Waals surface area contributed by atoms with Crippen LogP contribution in [0.3, 0.4) is 0 Å². The fourth-order valence-electron chi connectivity index (χ4n) is 2.21. The highest BCUT2D eigenvalue weighted by Gasteiger charge is 2.18. The Morgan fingerprint density at radius 3 is 2.44 bits per heavy atom. The number of benzene rings is 1. The molecule has 0 amide bonds. The summed E-state index contributed by atoms with van der Waals surface area (Å²) in [5, 5.41) is 0. The molecule has 1 aliphatic rings. The van der Waals surface area contributed by atoms with Crippen LogP contribution in [0.1, 0.15) is 25.7 Å². The maximum Gasteiger partial charge on any atom is 0.118 e. The third-order valence-electron chi connectivity index (χ3n) is 3.18. The lowest BCUT2D eigenvalue weighted by molar-refractivity contribution is 0.414. The zero-order chi connectivity index (χ0) is 11.4. The average molecular weight is 238 g/mol. The van der Waals surface area contributed by atoms with Gasteiger partial charge in [-0.1, -0.05) is 12.8 Å². The summed E-state index contributed by atoms with van der Waals surface area (Å²) in [6, 6.07) is 7.57. The van der Waals surface area contributed by atoms with E-state index in [2.05, 4.69) is 0 Å². The summed E-state index contributed by atoms with van der Waals surface area (Å²) in [6.45, 7) is 0. The smallest absolute Gasteiger partial charge is 0.118 e. The van der Waals surface area contributed by atoms with Crippen molar-refractivity contribution in [3.8, 4) is 5.75 Å². The lowest BCUT2D eigenvalue weighted by atomic mass is 10.1. The summed E-state index contributed by atoms with van der Waals surface area (Å²) in [7, 11) is 0.804. The molecule has 88 valence electrons. The molecule has 0 heterocycles. The zero-order valence-electron chi connectivity index (χ0n) is 9.65. The molecule has 16 heavy (non-hydrogen) atoms. The first-order valence-corrected chi connectivity index (χ1v) is 7.14. The quantitative estimate of drug-likeness (QED) is 0.806. The molecular weight excluding hydrogens is 220 g/mol. The van der Waals surface area contributed by atoms with E-state index >= 15 is 0 Å². The van der Waals surface area contributed by atoms with E-state index in [1.54, 1.807) is 7.11 Å². The van der Waals surface area contributed by atoms with Gasteiger partial charge in [-0.25, -0.2) is 0 Å². The maximum atomic E-state index is 12.1. The van der Waals surface area contributed by atoms with Crippen molar-refractivity contribution in [2.45, 2.75) is 30.6 Å². The second-order valence-corrected chi connectivity index (χ2v) is 5.83. The summed E-state index contributed by atoms with van der Waals surface area (Å²) >= 11 is 0. The summed E-state index contributed by atoms with van der Waals surface area (Å²) in [5.41, 5.74) is 0. The largest absolute Gasteiger partial charge is 0.497 e. The van der Waals surface area contributed by atoms with Crippen LogP contribution in [0.2, 0.25) is 0 Å². The summed E-state index contributed by atoms with van der Waals surface area (Å²) in [6.07, 6.45) is 5.12. The van der Waals surface area contributed by atoms with Gasteiger partial charge in [0.2, 0.25) is 0 Å². The first-order chi connectivity index (χ1) is 7.79. The van der Waals surface area contributed by atoms with Crippen LogP contribution in [0.25, 0.3) is 0 Å². The van der Waals surface area contributed by atoms with Gasteiger partial charge in [0.25, 0.3) is 0 Å². The Kier molecular flexibility index (Phi) is 3.99. The topological polar surface area (TPSA) is 26.3 Å². The molecule has 0 bridgehead atoms. The van der Waals surface area contributed by atoms with E-state index in [4.69, 9.17) is 4.74 Å². The van der Waals surface area contributed by atoms with Gasteiger partial charge in [-0.15, -0.1) is 0 Å². The zero-order valence-corrected chi connectivity index (χ0v) is 10.5. The Bertz CT molecular complexity index is 353. The molecule has 2 rings (SSSR count). The van der Waals surface area contributed by atoms with Crippen molar-refractivity contribution in [2.75, 3.05) is 12.9 Å². The Morgan fingerprint density at radius 1 is 1.25 bits per heavy atom. The minimum atomic E-state index is -0.839. The maximum absolute atomic E-state index is 12.1. The average Bonchev–Trinajstić information content (AvgIpc) is 2.82. The van der Waals surface area contributed by atoms with E-state index in [1.165, 1.54) is 25.7 Å². The SMILES string of the molecule is COc1ccc(S(=O)CC2CCCC2)cc1. The van der Waals surface area contributed by atoms with Crippen molar-refractivity contribution in [2.24, 2.45) is 5.92 Å². The van der Waals surface area contributed by atoms with Crippen molar-refractivity contribution >= 4 is 10.8 Å². The van der Waals surface area contributed by atoms with Crippen molar-refractivity contribution in [1.29, 1.82) is 0 Å². The molecule has 1 atom stereocenters. The predicted octanol–water partition coefficient (Wildman–Crippen LogP) is 2.99. The standard InChI is InChI=1S/C13H18O2S/c1-15-12-6-8-13(9-7-12)16(14)10-11-4-2-3-5-11/h6-9,11H,2-5,10H2,1H3. The van der Waals surface area contributed by atoms with Gasteiger partial charge in [0.1, 0.15) is 5.75 Å². The molecule has 1 fully saturated rings. The normalized spacial score (nSPS) is 18.6. The van der Waals surface area contributed by atoms with Crippen molar-refractivity contribution in [3.05, 3.63) is 24.3 Å². The van der Waals surface area contributed by atoms with E-state index in [-0.39, 0.29) is 0 Å². The highest BCUT2D eigenvalue weighted by molar-refractivity contribution is 7.85. The molecule has 0 N–H and O–H groups in total. The van der Waals surface area contributed by atoms with E-state index in [1.807, 2.05) is 24.3 Å². The fourth-order valence-corrected chi connectivity index (χ4v) is 3.61. The number of rotatable bonds is 4. The van der Waals surface area contributed by atoms with Gasteiger partial charge in [0, 0.05) is 10.6 Å². The van der Waals surface area contributed by atoms with Crippen molar-refractivity contribution in [3.63, 3.8) is 0 Å². The van der Waals surface area contributed by atoms with Crippen LogP contribution in [-0.4, -0.2) is 17.1 Å². The summed E-state index contributed by atoms with van der Waals surface area (Å²) < 4.78 is 17.2. The van der Waals surface area contributed by atoms with Crippen LogP contribution in [-0.2, 0) is 10.8 Å². The van der Waals surface area contributed by atoms with Gasteiger partial charge in [-0.2, -0.15) is 0 Å². The van der Waals surface area contributed by atoms with Crippen molar-refractivity contribution in [1.82, 2.24) is 0 Å². The van der Waals surface area contributed by atoms with Crippen LogP contribution >= 0.6 is 0 Å². The summed E-state index contributed by atoms with van der Waals surface area (Å²) in [5.74, 6) is 2.32. The molecule has 1 unspecified atom stereocenters. The Morgan fingerprint density at radius 2 is 1.88 bits per heavy atom. The van der Waals surface area contributed by atoms with Crippen LogP contribution < -0.4 is 4.74 Å². The number of hydrogen-bond acceptors (Lipinski definition) is 2. The van der Waals surface area contributed by atoms with Gasteiger partial charge in [0.05, 0.1) is 17.9 Å². The van der Waals surface area contributed by atoms with E-state index in [0.29, 0.717) is 5.92 Å². The molecule has 1 aromatic rings. The first kappa shape index (κ1) is 11.6. The van der Waals surface area contributed by atoms with E-state index in [9.17, 15) is 4.21 Å². The van der Waals surface area contributed by atoms with Gasteiger partial charge >= 0.3 is 0 Å². The monoisotopic (exact) mass is 238 g/mol. The number of methoxy groups -OCH3 is 1. The third kappa shape index (κ3) is 2.85. The molecule has 1 saturated carbocycles. The first-order valence-electron chi connectivity index (χ1n) is 5.82. The van der Waals surface area contributed by atoms with Crippen LogP contribution in [0.5, 0.6) is 5.75 Å². The highest BCUT2D eigenvalue weighted by atomic mass is 32.2. The second-order valence-electron chi connectivity index (χ2n) is 4.34. The molecule has 0 saturated heterocycles. The molecule has 1 aliphatic carbocycles. The third-order valence-corrected chi connectivity index (χ3v) is 4.76. The Labute approximate surface area is 99.5 Å². The van der Waals surface area contributed by atoms with Gasteiger partial charge in [-0.3, -0.25) is 4.21 Å². The van der Waals surface area contributed by atoms with Gasteiger partial charge in [-0.05, 0) is 43.0 Å². The highest BCUT2D eigenvalue weighted by Crippen LogP contribution is 2.27. The lowest BCUT2D eigenvalue weighted by Gasteiger charge is -2.08. The van der Waals surface area contributed by atoms with Crippen LogP contribution in [0.15, 0.2) is 29.2 Å². The molecule has 0 aliphatic heterocycles. The van der Waals surface area contributed by atoms with Crippen molar-refractivity contribution < 1.29 is 8.95 Å². The molecule has 2 nitrogen and oxygen atoms in total. The fraction of sp³-hybridized carbons (Fsp3) is 0.538. The minimum Gasteiger partial charge on any atom is -0.497 e. The van der Waals surface area contributed by atoms with E-state index < -0.39 is 10.8 Å². The lowest BCUT2D eigenvalue weighted by Crippen LogP contribution is -2.07. The molecule has 0 aromatic heterocycles. The molecular formula is C13H18O2S.